The number of Topliss-reactive ketones (excluding diaryl/α,β-unsaturated/α-hetero) is 1. The van der Waals surface area contributed by atoms with E-state index in [4.69, 9.17) is 9.47 Å². The van der Waals surface area contributed by atoms with E-state index in [0.29, 0.717) is 29.5 Å². The van der Waals surface area contributed by atoms with Gasteiger partial charge < -0.3 is 14.8 Å². The van der Waals surface area contributed by atoms with E-state index in [1.807, 2.05) is 0 Å². The zero-order chi connectivity index (χ0) is 29.5. The van der Waals surface area contributed by atoms with Gasteiger partial charge >= 0.3 is 6.09 Å². The fourth-order valence-corrected chi connectivity index (χ4v) is 6.72. The molecule has 0 spiro atoms. The number of fused-ring (bicyclic) bond motifs is 2. The summed E-state index contributed by atoms with van der Waals surface area (Å²) in [5.41, 5.74) is -0.651. The zero-order valence-electron chi connectivity index (χ0n) is 23.3. The molecule has 1 amide bonds. The van der Waals surface area contributed by atoms with E-state index in [9.17, 15) is 22.4 Å². The minimum atomic E-state index is -4.27. The van der Waals surface area contributed by atoms with Crippen LogP contribution in [0.1, 0.15) is 37.6 Å². The Morgan fingerprint density at radius 2 is 1.76 bits per heavy atom. The van der Waals surface area contributed by atoms with Crippen LogP contribution in [0.4, 0.5) is 9.18 Å². The third kappa shape index (κ3) is 5.39. The van der Waals surface area contributed by atoms with E-state index in [1.54, 1.807) is 51.1 Å². The molecule has 1 N–H and O–H groups in total. The summed E-state index contributed by atoms with van der Waals surface area (Å²) in [6.07, 6.45) is 1.17. The van der Waals surface area contributed by atoms with Gasteiger partial charge in [-0.15, -0.1) is 0 Å². The molecule has 4 aromatic rings. The van der Waals surface area contributed by atoms with Crippen LogP contribution in [0.25, 0.3) is 21.7 Å². The molecule has 9 nitrogen and oxygen atoms in total. The van der Waals surface area contributed by atoms with Gasteiger partial charge in [-0.05, 0) is 64.1 Å². The van der Waals surface area contributed by atoms with Gasteiger partial charge in [0.05, 0.1) is 17.5 Å². The van der Waals surface area contributed by atoms with Gasteiger partial charge in [-0.3, -0.25) is 9.69 Å². The van der Waals surface area contributed by atoms with E-state index in [2.05, 4.69) is 5.32 Å². The van der Waals surface area contributed by atoms with Crippen LogP contribution >= 0.6 is 0 Å². The number of halogens is 1. The van der Waals surface area contributed by atoms with Crippen LogP contribution in [-0.4, -0.2) is 67.6 Å². The molecule has 0 bridgehead atoms. The van der Waals surface area contributed by atoms with E-state index >= 15 is 0 Å². The summed E-state index contributed by atoms with van der Waals surface area (Å²) >= 11 is 0. The van der Waals surface area contributed by atoms with Crippen molar-refractivity contribution in [2.24, 2.45) is 0 Å². The molecular formula is C30H32FN3O6S. The average Bonchev–Trinajstić information content (AvgIpc) is 3.12. The van der Waals surface area contributed by atoms with Crippen molar-refractivity contribution < 1.29 is 31.9 Å². The monoisotopic (exact) mass is 581 g/mol. The number of aromatic nitrogens is 1. The number of hydrogen-bond donors (Lipinski definition) is 1. The number of carbonyl (C=O) groups excluding carboxylic acids is 2. The predicted molar refractivity (Wildman–Crippen MR) is 154 cm³/mol. The lowest BCUT2D eigenvalue weighted by atomic mass is 10.0. The lowest BCUT2D eigenvalue weighted by Crippen LogP contribution is -2.50. The average molecular weight is 582 g/mol. The molecular weight excluding hydrogens is 549 g/mol. The largest absolute Gasteiger partial charge is 0.496 e. The number of carbonyl (C=O) groups is 2. The summed E-state index contributed by atoms with van der Waals surface area (Å²) in [7, 11) is -2.76. The molecule has 0 saturated carbocycles. The lowest BCUT2D eigenvalue weighted by molar-refractivity contribution is 0.0176. The first kappa shape index (κ1) is 28.6. The van der Waals surface area contributed by atoms with Crippen LogP contribution in [-0.2, 0) is 14.8 Å². The molecule has 41 heavy (non-hydrogen) atoms. The normalized spacial score (nSPS) is 16.5. The quantitative estimate of drug-likeness (QED) is 0.332. The SMILES string of the molecule is COc1ccc(S(=O)(=O)n2cc(C(=O)C3CNCCCN3C(=O)OC(C)(C)C)c3cc(F)ccc32)c2ccccc12. The molecule has 1 aromatic heterocycles. The standard InChI is InChI=1S/C30H32FN3O6S/c1-30(2,3)40-29(36)33-15-7-14-32-17-25(33)28(35)23-18-34(24-11-10-19(31)16-22(23)24)41(37,38)27-13-12-26(39-4)20-8-5-6-9-21(20)27/h5-6,8-13,16,18,25,32H,7,14-15,17H2,1-4H3. The summed E-state index contributed by atoms with van der Waals surface area (Å²) < 4.78 is 54.8. The second-order valence-electron chi connectivity index (χ2n) is 10.9. The number of hydrogen-bond acceptors (Lipinski definition) is 7. The van der Waals surface area contributed by atoms with Gasteiger partial charge in [0.1, 0.15) is 23.2 Å². The Balaban J connectivity index is 1.65. The van der Waals surface area contributed by atoms with Gasteiger partial charge in [-0.2, -0.15) is 0 Å². The highest BCUT2D eigenvalue weighted by Gasteiger charge is 2.36. The number of rotatable bonds is 5. The molecule has 1 aliphatic heterocycles. The molecule has 2 heterocycles. The Morgan fingerprint density at radius 3 is 2.46 bits per heavy atom. The number of nitrogens with one attached hydrogen (secondary N) is 1. The van der Waals surface area contributed by atoms with Gasteiger partial charge in [-0.1, -0.05) is 24.3 Å². The summed E-state index contributed by atoms with van der Waals surface area (Å²) in [6.45, 7) is 6.20. The van der Waals surface area contributed by atoms with Crippen molar-refractivity contribution in [1.82, 2.24) is 14.2 Å². The van der Waals surface area contributed by atoms with Gasteiger partial charge in [0.15, 0.2) is 5.78 Å². The first-order chi connectivity index (χ1) is 19.4. The van der Waals surface area contributed by atoms with E-state index in [0.717, 1.165) is 16.1 Å². The Hall–Kier alpha value is -3.96. The van der Waals surface area contributed by atoms with Gasteiger partial charge in [0.2, 0.25) is 0 Å². The van der Waals surface area contributed by atoms with Crippen LogP contribution in [0.2, 0.25) is 0 Å². The maximum Gasteiger partial charge on any atom is 0.410 e. The van der Waals surface area contributed by atoms with Crippen molar-refractivity contribution in [3.63, 3.8) is 0 Å². The maximum atomic E-state index is 14.5. The molecule has 1 fully saturated rings. The van der Waals surface area contributed by atoms with Crippen molar-refractivity contribution in [3.05, 3.63) is 72.2 Å². The molecule has 1 atom stereocenters. The number of benzene rings is 3. The van der Waals surface area contributed by atoms with Crippen molar-refractivity contribution in [2.75, 3.05) is 26.7 Å². The molecule has 1 saturated heterocycles. The minimum Gasteiger partial charge on any atom is -0.496 e. The van der Waals surface area contributed by atoms with E-state index in [1.165, 1.54) is 30.3 Å². The molecule has 5 rings (SSSR count). The molecule has 11 heteroatoms. The van der Waals surface area contributed by atoms with Crippen LogP contribution in [0.15, 0.2) is 65.7 Å². The third-order valence-corrected chi connectivity index (χ3v) is 8.73. The third-order valence-electron chi connectivity index (χ3n) is 7.00. The number of ether oxygens (including phenoxy) is 2. The van der Waals surface area contributed by atoms with Gasteiger partial charge in [-0.25, -0.2) is 21.6 Å². The van der Waals surface area contributed by atoms with Gasteiger partial charge in [0.25, 0.3) is 10.0 Å². The Morgan fingerprint density at radius 1 is 1.02 bits per heavy atom. The highest BCUT2D eigenvalue weighted by Crippen LogP contribution is 2.34. The zero-order valence-corrected chi connectivity index (χ0v) is 24.1. The topological polar surface area (TPSA) is 107 Å². The molecule has 0 radical (unpaired) electrons. The van der Waals surface area contributed by atoms with E-state index < -0.39 is 39.4 Å². The van der Waals surface area contributed by atoms with E-state index in [-0.39, 0.29) is 34.5 Å². The van der Waals surface area contributed by atoms with Crippen molar-refractivity contribution >= 4 is 43.6 Å². The Bertz CT molecular complexity index is 1760. The smallest absolute Gasteiger partial charge is 0.410 e. The van der Waals surface area contributed by atoms with Crippen molar-refractivity contribution in [1.29, 1.82) is 0 Å². The van der Waals surface area contributed by atoms with Crippen molar-refractivity contribution in [3.8, 4) is 5.75 Å². The molecule has 3 aromatic carbocycles. The Labute approximate surface area is 237 Å². The van der Waals surface area contributed by atoms with Crippen LogP contribution in [0, 0.1) is 5.82 Å². The summed E-state index contributed by atoms with van der Waals surface area (Å²) in [4.78, 5) is 28.6. The van der Waals surface area contributed by atoms with Crippen LogP contribution in [0.3, 0.4) is 0 Å². The summed E-state index contributed by atoms with van der Waals surface area (Å²) in [5.74, 6) is -0.632. The number of nitrogens with zero attached hydrogens (tertiary/aromatic N) is 2. The Kier molecular flexibility index (Phi) is 7.52. The maximum absolute atomic E-state index is 14.5. The first-order valence-corrected chi connectivity index (χ1v) is 14.7. The lowest BCUT2D eigenvalue weighted by Gasteiger charge is -2.31. The van der Waals surface area contributed by atoms with Crippen LogP contribution in [0.5, 0.6) is 5.75 Å². The number of ketones is 1. The van der Waals surface area contributed by atoms with Crippen LogP contribution < -0.4 is 10.1 Å². The fraction of sp³-hybridized carbons (Fsp3) is 0.333. The fourth-order valence-electron chi connectivity index (χ4n) is 5.15. The van der Waals surface area contributed by atoms with Gasteiger partial charge in [0, 0.05) is 41.0 Å². The second-order valence-corrected chi connectivity index (χ2v) is 12.7. The number of amides is 1. The predicted octanol–water partition coefficient (Wildman–Crippen LogP) is 4.96. The van der Waals surface area contributed by atoms with Crippen molar-refractivity contribution in [2.45, 2.75) is 43.7 Å². The molecule has 1 unspecified atom stereocenters. The molecule has 0 aliphatic carbocycles. The minimum absolute atomic E-state index is 0.000591. The highest BCUT2D eigenvalue weighted by atomic mass is 32.2. The summed E-state index contributed by atoms with van der Waals surface area (Å²) in [5, 5.41) is 4.34. The molecule has 1 aliphatic rings. The number of methoxy groups -OCH3 is 1. The highest BCUT2D eigenvalue weighted by molar-refractivity contribution is 7.90. The summed E-state index contributed by atoms with van der Waals surface area (Å²) in [6, 6.07) is 12.6. The molecule has 216 valence electrons. The second kappa shape index (κ2) is 10.8. The first-order valence-electron chi connectivity index (χ1n) is 13.3.